The molecule has 0 spiro atoms. The minimum absolute atomic E-state index is 0. The zero-order chi connectivity index (χ0) is 15.0. The van der Waals surface area contributed by atoms with Gasteiger partial charge in [0.2, 0.25) is 0 Å². The maximum Gasteiger partial charge on any atom is 0.256 e. The highest BCUT2D eigenvalue weighted by Crippen LogP contribution is 2.19. The maximum absolute atomic E-state index is 12.5. The molecule has 0 aromatic rings. The number of halogens is 1. The zero-order valence-electron chi connectivity index (χ0n) is 12.0. The Labute approximate surface area is 136 Å². The van der Waals surface area contributed by atoms with Crippen LogP contribution in [0.4, 0.5) is 0 Å². The minimum atomic E-state index is -3.36. The Balaban J connectivity index is 0.00000176. The molecule has 3 aliphatic heterocycles. The SMILES string of the molecule is Cl.NC1CCCN(C(=O)C2=CN3CCS(=O)(=O)N=C3C=C2)C1. The quantitative estimate of drug-likeness (QED) is 0.712. The van der Waals surface area contributed by atoms with Gasteiger partial charge >= 0.3 is 0 Å². The molecule has 0 saturated carbocycles. The van der Waals surface area contributed by atoms with E-state index in [-0.39, 0.29) is 30.1 Å². The molecule has 0 aromatic carbocycles. The number of nitrogens with two attached hydrogens (primary N) is 1. The number of carbonyl (C=O) groups excluding carboxylic acids is 1. The largest absolute Gasteiger partial charge is 0.337 e. The Morgan fingerprint density at radius 1 is 1.32 bits per heavy atom. The van der Waals surface area contributed by atoms with Gasteiger partial charge in [0.15, 0.2) is 0 Å². The summed E-state index contributed by atoms with van der Waals surface area (Å²) >= 11 is 0. The molecule has 3 rings (SSSR count). The Hall–Kier alpha value is -1.38. The molecule has 22 heavy (non-hydrogen) atoms. The van der Waals surface area contributed by atoms with Gasteiger partial charge in [0.25, 0.3) is 15.9 Å². The van der Waals surface area contributed by atoms with Crippen LogP contribution in [-0.2, 0) is 14.8 Å². The minimum Gasteiger partial charge on any atom is -0.337 e. The Kier molecular flexibility index (Phi) is 4.93. The van der Waals surface area contributed by atoms with Gasteiger partial charge in [-0.1, -0.05) is 0 Å². The summed E-state index contributed by atoms with van der Waals surface area (Å²) in [6.07, 6.45) is 6.74. The number of amides is 1. The molecule has 0 aliphatic carbocycles. The third-order valence-electron chi connectivity index (χ3n) is 3.82. The number of fused-ring (bicyclic) bond motifs is 1. The molecule has 0 aromatic heterocycles. The lowest BCUT2D eigenvalue weighted by atomic mass is 10.0. The van der Waals surface area contributed by atoms with Crippen LogP contribution in [0.5, 0.6) is 0 Å². The van der Waals surface area contributed by atoms with Crippen molar-refractivity contribution in [1.82, 2.24) is 9.80 Å². The highest BCUT2D eigenvalue weighted by molar-refractivity contribution is 7.90. The molecule has 1 amide bonds. The summed E-state index contributed by atoms with van der Waals surface area (Å²) in [5.41, 5.74) is 6.44. The van der Waals surface area contributed by atoms with Crippen molar-refractivity contribution < 1.29 is 13.2 Å². The summed E-state index contributed by atoms with van der Waals surface area (Å²) in [6.45, 7) is 1.61. The van der Waals surface area contributed by atoms with Gasteiger partial charge < -0.3 is 15.5 Å². The van der Waals surface area contributed by atoms with E-state index in [2.05, 4.69) is 4.40 Å². The van der Waals surface area contributed by atoms with Crippen molar-refractivity contribution >= 4 is 34.2 Å². The zero-order valence-corrected chi connectivity index (χ0v) is 13.6. The fourth-order valence-corrected chi connectivity index (χ4v) is 3.67. The average Bonchev–Trinajstić information content (AvgIpc) is 2.45. The average molecular weight is 347 g/mol. The summed E-state index contributed by atoms with van der Waals surface area (Å²) in [5, 5.41) is 0. The van der Waals surface area contributed by atoms with E-state index in [0.717, 1.165) is 12.8 Å². The van der Waals surface area contributed by atoms with E-state index < -0.39 is 10.0 Å². The molecule has 3 aliphatic rings. The van der Waals surface area contributed by atoms with E-state index in [0.29, 0.717) is 31.0 Å². The predicted octanol–water partition coefficient (Wildman–Crippen LogP) is -0.144. The smallest absolute Gasteiger partial charge is 0.256 e. The lowest BCUT2D eigenvalue weighted by molar-refractivity contribution is -0.128. The molecule has 1 saturated heterocycles. The van der Waals surface area contributed by atoms with Gasteiger partial charge in [0.05, 0.1) is 11.3 Å². The summed E-state index contributed by atoms with van der Waals surface area (Å²) in [7, 11) is -3.36. The van der Waals surface area contributed by atoms with Crippen LogP contribution in [0.1, 0.15) is 12.8 Å². The summed E-state index contributed by atoms with van der Waals surface area (Å²) in [4.78, 5) is 15.9. The third-order valence-corrected chi connectivity index (χ3v) is 4.98. The van der Waals surface area contributed by atoms with E-state index in [9.17, 15) is 13.2 Å². The van der Waals surface area contributed by atoms with Gasteiger partial charge in [0.1, 0.15) is 5.84 Å². The van der Waals surface area contributed by atoms with Crippen molar-refractivity contribution in [3.8, 4) is 0 Å². The molecule has 0 radical (unpaired) electrons. The monoisotopic (exact) mass is 346 g/mol. The van der Waals surface area contributed by atoms with Crippen molar-refractivity contribution in [1.29, 1.82) is 0 Å². The van der Waals surface area contributed by atoms with Crippen LogP contribution in [0.15, 0.2) is 28.3 Å². The lowest BCUT2D eigenvalue weighted by Gasteiger charge is -2.33. The number of carbonyl (C=O) groups is 1. The number of rotatable bonds is 1. The molecule has 1 atom stereocenters. The van der Waals surface area contributed by atoms with Crippen LogP contribution < -0.4 is 5.73 Å². The van der Waals surface area contributed by atoms with Gasteiger partial charge in [-0.05, 0) is 25.0 Å². The van der Waals surface area contributed by atoms with Crippen LogP contribution in [0.25, 0.3) is 0 Å². The summed E-state index contributed by atoms with van der Waals surface area (Å²) in [6, 6.07) is 0.0353. The second-order valence-electron chi connectivity index (χ2n) is 5.50. The first kappa shape index (κ1) is 17.0. The first-order valence-electron chi connectivity index (χ1n) is 6.99. The van der Waals surface area contributed by atoms with Crippen LogP contribution in [0.2, 0.25) is 0 Å². The molecule has 3 heterocycles. The van der Waals surface area contributed by atoms with Gasteiger partial charge in [0, 0.05) is 31.9 Å². The number of amidine groups is 1. The van der Waals surface area contributed by atoms with Crippen LogP contribution in [0.3, 0.4) is 0 Å². The summed E-state index contributed by atoms with van der Waals surface area (Å²) in [5.74, 6) is 0.277. The normalized spacial score (nSPS) is 26.5. The molecule has 7 nitrogen and oxygen atoms in total. The topological polar surface area (TPSA) is 96.1 Å². The Morgan fingerprint density at radius 3 is 2.82 bits per heavy atom. The van der Waals surface area contributed by atoms with Crippen LogP contribution >= 0.6 is 12.4 Å². The molecule has 1 unspecified atom stereocenters. The number of hydrogen-bond donors (Lipinski definition) is 1. The van der Waals surface area contributed by atoms with Crippen molar-refractivity contribution in [2.24, 2.45) is 10.1 Å². The van der Waals surface area contributed by atoms with E-state index in [1.807, 2.05) is 0 Å². The van der Waals surface area contributed by atoms with E-state index >= 15 is 0 Å². The predicted molar refractivity (Wildman–Crippen MR) is 86.2 cm³/mol. The van der Waals surface area contributed by atoms with E-state index in [4.69, 9.17) is 5.73 Å². The second-order valence-corrected chi connectivity index (χ2v) is 7.25. The van der Waals surface area contributed by atoms with Crippen molar-refractivity contribution in [3.63, 3.8) is 0 Å². The number of likely N-dealkylation sites (tertiary alicyclic amines) is 1. The standard InChI is InChI=1S/C13H18N4O3S.ClH/c14-11-2-1-5-17(9-11)13(18)10-3-4-12-15-21(19,20)7-6-16(12)8-10;/h3-4,8,11H,1-2,5-7,9,14H2;1H. The first-order valence-corrected chi connectivity index (χ1v) is 8.59. The molecular weight excluding hydrogens is 328 g/mol. The first-order chi connectivity index (χ1) is 9.94. The van der Waals surface area contributed by atoms with Gasteiger partial charge in [-0.15, -0.1) is 16.8 Å². The molecule has 1 fully saturated rings. The van der Waals surface area contributed by atoms with Crippen LogP contribution in [-0.4, -0.2) is 61.4 Å². The number of nitrogens with zero attached hydrogens (tertiary/aromatic N) is 3. The molecule has 2 N–H and O–H groups in total. The number of piperidine rings is 1. The fraction of sp³-hybridized carbons (Fsp3) is 0.538. The van der Waals surface area contributed by atoms with Gasteiger partial charge in [-0.3, -0.25) is 4.79 Å². The molecule has 0 bridgehead atoms. The van der Waals surface area contributed by atoms with Crippen molar-refractivity contribution in [2.75, 3.05) is 25.4 Å². The Bertz CT molecular complexity index is 656. The number of sulfonamides is 1. The molecular formula is C13H19ClN4O3S. The van der Waals surface area contributed by atoms with E-state index in [1.54, 1.807) is 28.2 Å². The van der Waals surface area contributed by atoms with Crippen molar-refractivity contribution in [3.05, 3.63) is 23.9 Å². The highest BCUT2D eigenvalue weighted by atomic mass is 35.5. The van der Waals surface area contributed by atoms with Gasteiger partial charge in [-0.2, -0.15) is 0 Å². The highest BCUT2D eigenvalue weighted by Gasteiger charge is 2.28. The van der Waals surface area contributed by atoms with Gasteiger partial charge in [-0.25, -0.2) is 8.42 Å². The lowest BCUT2D eigenvalue weighted by Crippen LogP contribution is -2.46. The van der Waals surface area contributed by atoms with Crippen LogP contribution in [0, 0.1) is 0 Å². The third kappa shape index (κ3) is 3.50. The Morgan fingerprint density at radius 2 is 2.09 bits per heavy atom. The fourth-order valence-electron chi connectivity index (χ4n) is 2.70. The van der Waals surface area contributed by atoms with E-state index in [1.165, 1.54) is 0 Å². The number of hydrogen-bond acceptors (Lipinski definition) is 5. The second kappa shape index (κ2) is 6.39. The molecule has 122 valence electrons. The maximum atomic E-state index is 12.5. The molecule has 9 heteroatoms. The van der Waals surface area contributed by atoms with Crippen molar-refractivity contribution in [2.45, 2.75) is 18.9 Å². The summed E-state index contributed by atoms with van der Waals surface area (Å²) < 4.78 is 26.6.